The number of imidazole rings is 1. The van der Waals surface area contributed by atoms with Crippen LogP contribution in [0.15, 0.2) is 47.9 Å². The molecule has 0 spiro atoms. The molecule has 3 rings (SSSR count). The molecule has 2 aromatic rings. The van der Waals surface area contributed by atoms with Crippen molar-refractivity contribution in [2.45, 2.75) is 23.8 Å². The highest BCUT2D eigenvalue weighted by Crippen LogP contribution is 2.23. The van der Waals surface area contributed by atoms with Gasteiger partial charge in [0, 0.05) is 31.0 Å². The normalized spacial score (nSPS) is 18.5. The Labute approximate surface area is 141 Å². The van der Waals surface area contributed by atoms with Crippen LogP contribution < -0.4 is 4.72 Å². The van der Waals surface area contributed by atoms with Crippen molar-refractivity contribution < 1.29 is 13.2 Å². The molecule has 0 aliphatic carbocycles. The second-order valence-electron chi connectivity index (χ2n) is 5.79. The first kappa shape index (κ1) is 16.7. The molecule has 2 heterocycles. The van der Waals surface area contributed by atoms with Crippen molar-refractivity contribution in [1.82, 2.24) is 19.2 Å². The Morgan fingerprint density at radius 1 is 1.38 bits per heavy atom. The van der Waals surface area contributed by atoms with Crippen LogP contribution in [0.5, 0.6) is 0 Å². The number of sulfonamides is 1. The molecule has 1 aliphatic rings. The third-order valence-corrected chi connectivity index (χ3v) is 5.70. The maximum Gasteiger partial charge on any atom is 0.253 e. The predicted molar refractivity (Wildman–Crippen MR) is 89.1 cm³/mol. The molecule has 0 bridgehead atoms. The van der Waals surface area contributed by atoms with Crippen molar-refractivity contribution in [3.63, 3.8) is 0 Å². The summed E-state index contributed by atoms with van der Waals surface area (Å²) >= 11 is 0. The zero-order valence-electron chi connectivity index (χ0n) is 13.4. The third kappa shape index (κ3) is 3.34. The number of piperidine rings is 1. The summed E-state index contributed by atoms with van der Waals surface area (Å²) in [5, 5.41) is 0. The van der Waals surface area contributed by atoms with E-state index in [1.165, 1.54) is 19.2 Å². The molecule has 1 unspecified atom stereocenters. The van der Waals surface area contributed by atoms with Gasteiger partial charge in [-0.05, 0) is 38.1 Å². The lowest BCUT2D eigenvalue weighted by Gasteiger charge is -2.33. The number of hydrogen-bond acceptors (Lipinski definition) is 4. The fourth-order valence-corrected chi connectivity index (χ4v) is 3.74. The first-order valence-electron chi connectivity index (χ1n) is 7.81. The van der Waals surface area contributed by atoms with Gasteiger partial charge in [-0.2, -0.15) is 0 Å². The lowest BCUT2D eigenvalue weighted by Crippen LogP contribution is -2.40. The Hall–Kier alpha value is -2.19. The van der Waals surface area contributed by atoms with Crippen LogP contribution in [-0.4, -0.2) is 48.9 Å². The molecule has 1 amide bonds. The Balaban J connectivity index is 1.80. The predicted octanol–water partition coefficient (Wildman–Crippen LogP) is 1.27. The summed E-state index contributed by atoms with van der Waals surface area (Å²) in [6.45, 7) is 1.27. The van der Waals surface area contributed by atoms with Gasteiger partial charge in [0.2, 0.25) is 10.0 Å². The Kier molecular flexibility index (Phi) is 4.68. The van der Waals surface area contributed by atoms with Crippen molar-refractivity contribution in [3.05, 3.63) is 48.5 Å². The van der Waals surface area contributed by atoms with E-state index in [1.807, 2.05) is 10.8 Å². The SMILES string of the molecule is CNS(=O)(=O)c1cccc(C(=O)N2CCCC(n3ccnc3)C2)c1. The molecule has 1 aliphatic heterocycles. The van der Waals surface area contributed by atoms with Crippen molar-refractivity contribution in [3.8, 4) is 0 Å². The molecular formula is C16H20N4O3S. The van der Waals surface area contributed by atoms with Crippen LogP contribution in [0.2, 0.25) is 0 Å². The van der Waals surface area contributed by atoms with E-state index >= 15 is 0 Å². The highest BCUT2D eigenvalue weighted by Gasteiger charge is 2.26. The molecule has 128 valence electrons. The molecule has 1 saturated heterocycles. The minimum atomic E-state index is -3.56. The largest absolute Gasteiger partial charge is 0.337 e. The molecular weight excluding hydrogens is 328 g/mol. The van der Waals surface area contributed by atoms with E-state index in [4.69, 9.17) is 0 Å². The van der Waals surface area contributed by atoms with E-state index in [9.17, 15) is 13.2 Å². The fraction of sp³-hybridized carbons (Fsp3) is 0.375. The highest BCUT2D eigenvalue weighted by molar-refractivity contribution is 7.89. The number of nitrogens with one attached hydrogen (secondary N) is 1. The smallest absolute Gasteiger partial charge is 0.253 e. The van der Waals surface area contributed by atoms with Gasteiger partial charge in [0.15, 0.2) is 0 Å². The summed E-state index contributed by atoms with van der Waals surface area (Å²) in [7, 11) is -2.21. The fourth-order valence-electron chi connectivity index (χ4n) is 2.96. The highest BCUT2D eigenvalue weighted by atomic mass is 32.2. The topological polar surface area (TPSA) is 84.3 Å². The summed E-state index contributed by atoms with van der Waals surface area (Å²) < 4.78 is 28.1. The van der Waals surface area contributed by atoms with Gasteiger partial charge in [-0.1, -0.05) is 6.07 Å². The Morgan fingerprint density at radius 3 is 2.92 bits per heavy atom. The van der Waals surface area contributed by atoms with Gasteiger partial charge < -0.3 is 9.47 Å². The van der Waals surface area contributed by atoms with Gasteiger partial charge >= 0.3 is 0 Å². The van der Waals surface area contributed by atoms with Crippen LogP contribution in [0.4, 0.5) is 0 Å². The van der Waals surface area contributed by atoms with Gasteiger partial charge in [-0.3, -0.25) is 4.79 Å². The lowest BCUT2D eigenvalue weighted by molar-refractivity contribution is 0.0679. The Bertz CT molecular complexity index is 818. The second-order valence-corrected chi connectivity index (χ2v) is 7.68. The zero-order valence-corrected chi connectivity index (χ0v) is 14.2. The molecule has 1 aromatic carbocycles. The molecule has 8 heteroatoms. The summed E-state index contributed by atoms with van der Waals surface area (Å²) in [5.74, 6) is -0.145. The van der Waals surface area contributed by atoms with E-state index < -0.39 is 10.0 Å². The average molecular weight is 348 g/mol. The molecule has 0 radical (unpaired) electrons. The lowest BCUT2D eigenvalue weighted by atomic mass is 10.0. The number of rotatable bonds is 4. The van der Waals surface area contributed by atoms with Crippen molar-refractivity contribution in [2.24, 2.45) is 0 Å². The molecule has 0 saturated carbocycles. The number of carbonyl (C=O) groups is 1. The van der Waals surface area contributed by atoms with Crippen LogP contribution >= 0.6 is 0 Å². The second kappa shape index (κ2) is 6.74. The summed E-state index contributed by atoms with van der Waals surface area (Å²) in [4.78, 5) is 18.7. The molecule has 1 N–H and O–H groups in total. The van der Waals surface area contributed by atoms with Crippen LogP contribution in [0.25, 0.3) is 0 Å². The number of nitrogens with zero attached hydrogens (tertiary/aromatic N) is 3. The van der Waals surface area contributed by atoms with Crippen molar-refractivity contribution in [1.29, 1.82) is 0 Å². The number of aromatic nitrogens is 2. The van der Waals surface area contributed by atoms with E-state index in [-0.39, 0.29) is 16.8 Å². The number of amides is 1. The Morgan fingerprint density at radius 2 is 2.21 bits per heavy atom. The standard InChI is InChI=1S/C16H20N4O3S/c1-17-24(22,23)15-6-2-4-13(10-15)16(21)19-8-3-5-14(11-19)20-9-7-18-12-20/h2,4,6-7,9-10,12,14,17H,3,5,8,11H2,1H3. The minimum Gasteiger partial charge on any atom is -0.337 e. The molecule has 1 fully saturated rings. The number of carbonyl (C=O) groups excluding carboxylic acids is 1. The number of likely N-dealkylation sites (tertiary alicyclic amines) is 1. The van der Waals surface area contributed by atoms with Gasteiger partial charge in [-0.25, -0.2) is 18.1 Å². The van der Waals surface area contributed by atoms with E-state index in [2.05, 4.69) is 9.71 Å². The van der Waals surface area contributed by atoms with Gasteiger partial charge in [0.25, 0.3) is 5.91 Å². The van der Waals surface area contributed by atoms with Crippen molar-refractivity contribution in [2.75, 3.05) is 20.1 Å². The summed E-state index contributed by atoms with van der Waals surface area (Å²) in [6.07, 6.45) is 7.29. The van der Waals surface area contributed by atoms with E-state index in [0.717, 1.165) is 12.8 Å². The van der Waals surface area contributed by atoms with Crippen LogP contribution in [-0.2, 0) is 10.0 Å². The monoisotopic (exact) mass is 348 g/mol. The van der Waals surface area contributed by atoms with Gasteiger partial charge in [0.05, 0.1) is 17.3 Å². The number of benzene rings is 1. The van der Waals surface area contributed by atoms with E-state index in [0.29, 0.717) is 18.7 Å². The van der Waals surface area contributed by atoms with Crippen molar-refractivity contribution >= 4 is 15.9 Å². The van der Waals surface area contributed by atoms with Gasteiger partial charge in [-0.15, -0.1) is 0 Å². The maximum atomic E-state index is 12.8. The minimum absolute atomic E-state index is 0.0963. The quantitative estimate of drug-likeness (QED) is 0.902. The maximum absolute atomic E-state index is 12.8. The third-order valence-electron chi connectivity index (χ3n) is 4.29. The average Bonchev–Trinajstić information content (AvgIpc) is 3.16. The van der Waals surface area contributed by atoms with Crippen LogP contribution in [0.1, 0.15) is 29.2 Å². The van der Waals surface area contributed by atoms with Crippen LogP contribution in [0.3, 0.4) is 0 Å². The number of hydrogen-bond donors (Lipinski definition) is 1. The first-order chi connectivity index (χ1) is 11.5. The first-order valence-corrected chi connectivity index (χ1v) is 9.30. The summed E-state index contributed by atoms with van der Waals surface area (Å²) in [6, 6.07) is 6.35. The molecule has 24 heavy (non-hydrogen) atoms. The van der Waals surface area contributed by atoms with E-state index in [1.54, 1.807) is 29.6 Å². The molecule has 1 atom stereocenters. The van der Waals surface area contributed by atoms with Gasteiger partial charge in [0.1, 0.15) is 0 Å². The zero-order chi connectivity index (χ0) is 17.2. The van der Waals surface area contributed by atoms with Crippen LogP contribution in [0, 0.1) is 0 Å². The summed E-state index contributed by atoms with van der Waals surface area (Å²) in [5.41, 5.74) is 0.387. The molecule has 7 nitrogen and oxygen atoms in total. The molecule has 1 aromatic heterocycles.